The first-order chi connectivity index (χ1) is 14.3. The highest BCUT2D eigenvalue weighted by Crippen LogP contribution is 2.27. The predicted octanol–water partition coefficient (Wildman–Crippen LogP) is 7.01. The lowest BCUT2D eigenvalue weighted by atomic mass is 9.98. The van der Waals surface area contributed by atoms with E-state index in [-0.39, 0.29) is 0 Å². The zero-order valence-corrected chi connectivity index (χ0v) is 20.4. The molecule has 1 aromatic heterocycles. The van der Waals surface area contributed by atoms with E-state index in [1.54, 1.807) is 0 Å². The molecular formula is C26H44N4. The molecular weight excluding hydrogens is 368 g/mol. The van der Waals surface area contributed by atoms with Crippen molar-refractivity contribution in [1.29, 1.82) is 0 Å². The Morgan fingerprint density at radius 2 is 1.37 bits per heavy atom. The number of H-pyrrole nitrogens is 1. The second-order valence-corrected chi connectivity index (χ2v) is 9.95. The minimum absolute atomic E-state index is 0.541. The quantitative estimate of drug-likeness (QED) is 0.385. The van der Waals surface area contributed by atoms with Gasteiger partial charge in [0, 0.05) is 24.2 Å². The van der Waals surface area contributed by atoms with Crippen LogP contribution in [0.2, 0.25) is 0 Å². The van der Waals surface area contributed by atoms with E-state index in [4.69, 9.17) is 0 Å². The summed E-state index contributed by atoms with van der Waals surface area (Å²) in [6, 6.07) is 9.55. The van der Waals surface area contributed by atoms with E-state index < -0.39 is 0 Å². The number of aryl methyl sites for hydroxylation is 1. The first kappa shape index (κ1) is 24.6. The molecule has 4 nitrogen and oxygen atoms in total. The van der Waals surface area contributed by atoms with Crippen molar-refractivity contribution in [3.05, 3.63) is 35.5 Å². The molecule has 30 heavy (non-hydrogen) atoms. The number of nitrogens with one attached hydrogen (secondary N) is 1. The Labute approximate surface area is 184 Å². The molecule has 0 aliphatic heterocycles. The second-order valence-electron chi connectivity index (χ2n) is 9.95. The number of benzene rings is 1. The highest BCUT2D eigenvalue weighted by molar-refractivity contribution is 5.64. The summed E-state index contributed by atoms with van der Waals surface area (Å²) in [7, 11) is 0. The van der Waals surface area contributed by atoms with E-state index >= 15 is 0 Å². The van der Waals surface area contributed by atoms with Crippen molar-refractivity contribution in [3.8, 4) is 11.3 Å². The number of hydrogen-bond donors (Lipinski definition) is 1. The summed E-state index contributed by atoms with van der Waals surface area (Å²) in [4.78, 5) is 2.67. The largest absolute Gasteiger partial charge is 0.292 e. The fraction of sp³-hybridized carbons (Fsp3) is 0.692. The molecule has 1 N–H and O–H groups in total. The Balaban J connectivity index is 2.16. The smallest absolute Gasteiger partial charge is 0.117 e. The molecule has 2 unspecified atom stereocenters. The second kappa shape index (κ2) is 12.2. The standard InChI is InChI=1S/C26H44N4/c1-19(2)12-10-15-22(6)30(23(7)16-11-13-20(3)4)18-25-26(28-29-27-25)24-17-9-8-14-21(24)5/h8-9,14,17,19-20,22-23H,10-13,15-16,18H2,1-7H3,(H,27,28,29). The maximum absolute atomic E-state index is 4.58. The Kier molecular flexibility index (Phi) is 10.0. The van der Waals surface area contributed by atoms with Crippen molar-refractivity contribution in [2.45, 2.75) is 106 Å². The molecule has 0 aliphatic carbocycles. The lowest BCUT2D eigenvalue weighted by Gasteiger charge is -2.35. The first-order valence-corrected chi connectivity index (χ1v) is 12.0. The molecule has 168 valence electrons. The molecule has 0 saturated heterocycles. The maximum Gasteiger partial charge on any atom is 0.117 e. The lowest BCUT2D eigenvalue weighted by molar-refractivity contribution is 0.123. The van der Waals surface area contributed by atoms with Crippen LogP contribution in [0, 0.1) is 18.8 Å². The van der Waals surface area contributed by atoms with Crippen LogP contribution in [-0.4, -0.2) is 32.4 Å². The average molecular weight is 413 g/mol. The number of aromatic amines is 1. The van der Waals surface area contributed by atoms with Crippen LogP contribution in [0.5, 0.6) is 0 Å². The summed E-state index contributed by atoms with van der Waals surface area (Å²) >= 11 is 0. The molecule has 0 spiro atoms. The minimum Gasteiger partial charge on any atom is -0.292 e. The van der Waals surface area contributed by atoms with Gasteiger partial charge < -0.3 is 0 Å². The van der Waals surface area contributed by atoms with Crippen LogP contribution in [0.25, 0.3) is 11.3 Å². The molecule has 1 aromatic carbocycles. The molecule has 0 amide bonds. The summed E-state index contributed by atoms with van der Waals surface area (Å²) in [6.45, 7) is 17.1. The summed E-state index contributed by atoms with van der Waals surface area (Å²) in [6.07, 6.45) is 7.67. The van der Waals surface area contributed by atoms with Crippen molar-refractivity contribution in [2.24, 2.45) is 11.8 Å². The van der Waals surface area contributed by atoms with Gasteiger partial charge in [-0.25, -0.2) is 0 Å². The van der Waals surface area contributed by atoms with E-state index in [1.165, 1.54) is 49.7 Å². The SMILES string of the molecule is Cc1ccccc1-c1n[nH]nc1CN(C(C)CCCC(C)C)C(C)CCCC(C)C. The zero-order chi connectivity index (χ0) is 22.1. The van der Waals surface area contributed by atoms with Gasteiger partial charge in [0.15, 0.2) is 0 Å². The number of hydrogen-bond acceptors (Lipinski definition) is 3. The minimum atomic E-state index is 0.541. The van der Waals surface area contributed by atoms with E-state index in [1.807, 2.05) is 0 Å². The summed E-state index contributed by atoms with van der Waals surface area (Å²) in [5.41, 5.74) is 4.49. The highest BCUT2D eigenvalue weighted by Gasteiger charge is 2.24. The number of rotatable bonds is 13. The van der Waals surface area contributed by atoms with Gasteiger partial charge in [-0.3, -0.25) is 4.90 Å². The maximum atomic E-state index is 4.58. The summed E-state index contributed by atoms with van der Waals surface area (Å²) in [5, 5.41) is 12.0. The van der Waals surface area contributed by atoms with Crippen LogP contribution in [0.15, 0.2) is 24.3 Å². The van der Waals surface area contributed by atoms with Crippen LogP contribution >= 0.6 is 0 Å². The molecule has 0 radical (unpaired) electrons. The highest BCUT2D eigenvalue weighted by atomic mass is 15.3. The van der Waals surface area contributed by atoms with Crippen LogP contribution in [-0.2, 0) is 6.54 Å². The topological polar surface area (TPSA) is 44.8 Å². The third-order valence-corrected chi connectivity index (χ3v) is 6.29. The molecule has 2 rings (SSSR count). The molecule has 0 saturated carbocycles. The van der Waals surface area contributed by atoms with Gasteiger partial charge >= 0.3 is 0 Å². The van der Waals surface area contributed by atoms with Gasteiger partial charge in [0.25, 0.3) is 0 Å². The van der Waals surface area contributed by atoms with E-state index in [2.05, 4.69) is 93.0 Å². The summed E-state index contributed by atoms with van der Waals surface area (Å²) in [5.74, 6) is 1.55. The van der Waals surface area contributed by atoms with Crippen LogP contribution < -0.4 is 0 Å². The van der Waals surface area contributed by atoms with Gasteiger partial charge in [-0.1, -0.05) is 77.6 Å². The molecule has 0 fully saturated rings. The summed E-state index contributed by atoms with van der Waals surface area (Å²) < 4.78 is 0. The third-order valence-electron chi connectivity index (χ3n) is 6.29. The fourth-order valence-electron chi connectivity index (χ4n) is 4.31. The molecule has 2 aromatic rings. The molecule has 0 aliphatic rings. The van der Waals surface area contributed by atoms with Gasteiger partial charge in [-0.15, -0.1) is 0 Å². The van der Waals surface area contributed by atoms with Crippen LogP contribution in [0.4, 0.5) is 0 Å². The molecule has 1 heterocycles. The van der Waals surface area contributed by atoms with E-state index in [0.29, 0.717) is 12.1 Å². The third kappa shape index (κ3) is 7.54. The van der Waals surface area contributed by atoms with Crippen molar-refractivity contribution in [2.75, 3.05) is 0 Å². The van der Waals surface area contributed by atoms with Crippen molar-refractivity contribution < 1.29 is 0 Å². The molecule has 0 bridgehead atoms. The van der Waals surface area contributed by atoms with Gasteiger partial charge in [-0.2, -0.15) is 15.4 Å². The fourth-order valence-corrected chi connectivity index (χ4v) is 4.31. The van der Waals surface area contributed by atoms with Gasteiger partial charge in [0.1, 0.15) is 11.4 Å². The lowest BCUT2D eigenvalue weighted by Crippen LogP contribution is -2.40. The number of aromatic nitrogens is 3. The van der Waals surface area contributed by atoms with Gasteiger partial charge in [-0.05, 0) is 51.0 Å². The van der Waals surface area contributed by atoms with Gasteiger partial charge in [0.2, 0.25) is 0 Å². The van der Waals surface area contributed by atoms with Crippen molar-refractivity contribution in [1.82, 2.24) is 20.3 Å². The average Bonchev–Trinajstić information content (AvgIpc) is 3.13. The Morgan fingerprint density at radius 3 is 1.90 bits per heavy atom. The molecule has 4 heteroatoms. The van der Waals surface area contributed by atoms with E-state index in [9.17, 15) is 0 Å². The first-order valence-electron chi connectivity index (χ1n) is 12.0. The van der Waals surface area contributed by atoms with Crippen LogP contribution in [0.3, 0.4) is 0 Å². The number of nitrogens with zero attached hydrogens (tertiary/aromatic N) is 3. The predicted molar refractivity (Wildman–Crippen MR) is 128 cm³/mol. The molecule has 2 atom stereocenters. The monoisotopic (exact) mass is 412 g/mol. The Bertz CT molecular complexity index is 714. The zero-order valence-electron chi connectivity index (χ0n) is 20.4. The Hall–Kier alpha value is -1.68. The van der Waals surface area contributed by atoms with E-state index in [0.717, 1.165) is 29.8 Å². The van der Waals surface area contributed by atoms with Crippen molar-refractivity contribution in [3.63, 3.8) is 0 Å². The Morgan fingerprint density at radius 1 is 0.800 bits per heavy atom. The van der Waals surface area contributed by atoms with Gasteiger partial charge in [0.05, 0.1) is 0 Å². The normalized spacial score (nSPS) is 14.1. The van der Waals surface area contributed by atoms with Crippen molar-refractivity contribution >= 4 is 0 Å². The van der Waals surface area contributed by atoms with Crippen LogP contribution in [0.1, 0.15) is 91.3 Å².